The summed E-state index contributed by atoms with van der Waals surface area (Å²) in [5.41, 5.74) is 2.70. The van der Waals surface area contributed by atoms with Gasteiger partial charge in [0.1, 0.15) is 5.75 Å². The molecular weight excluding hydrogens is 328 g/mol. The van der Waals surface area contributed by atoms with Crippen LogP contribution in [0.15, 0.2) is 48.5 Å². The number of carbonyl (C=O) groups excluding carboxylic acids is 2. The molecule has 0 radical (unpaired) electrons. The Morgan fingerprint density at radius 1 is 1.00 bits per heavy atom. The summed E-state index contributed by atoms with van der Waals surface area (Å²) in [6.07, 6.45) is 0. The van der Waals surface area contributed by atoms with Gasteiger partial charge in [0.15, 0.2) is 6.61 Å². The second kappa shape index (κ2) is 8.52. The van der Waals surface area contributed by atoms with Crippen LogP contribution in [0.2, 0.25) is 0 Å². The van der Waals surface area contributed by atoms with E-state index in [9.17, 15) is 9.59 Å². The predicted molar refractivity (Wildman–Crippen MR) is 103 cm³/mol. The lowest BCUT2D eigenvalue weighted by atomic mass is 9.86. The fourth-order valence-electron chi connectivity index (χ4n) is 2.52. The maximum absolute atomic E-state index is 12.1. The van der Waals surface area contributed by atoms with E-state index in [-0.39, 0.29) is 23.8 Å². The van der Waals surface area contributed by atoms with E-state index in [4.69, 9.17) is 4.74 Å². The molecule has 0 bridgehead atoms. The molecule has 0 aliphatic carbocycles. The molecule has 0 fully saturated rings. The van der Waals surface area contributed by atoms with Gasteiger partial charge >= 0.3 is 0 Å². The quantitative estimate of drug-likeness (QED) is 0.832. The molecule has 2 aromatic carbocycles. The molecule has 0 aromatic heterocycles. The molecule has 138 valence electrons. The number of benzene rings is 2. The average molecular weight is 354 g/mol. The maximum atomic E-state index is 12.1. The van der Waals surface area contributed by atoms with Crippen LogP contribution in [-0.2, 0) is 21.5 Å². The van der Waals surface area contributed by atoms with Gasteiger partial charge in [0.05, 0.1) is 0 Å². The summed E-state index contributed by atoms with van der Waals surface area (Å²) in [4.78, 5) is 23.1. The largest absolute Gasteiger partial charge is 0.483 e. The van der Waals surface area contributed by atoms with Crippen molar-refractivity contribution in [3.8, 4) is 5.75 Å². The lowest BCUT2D eigenvalue weighted by Crippen LogP contribution is -2.29. The topological polar surface area (TPSA) is 67.4 Å². The molecule has 0 unspecified atom stereocenters. The summed E-state index contributed by atoms with van der Waals surface area (Å²) < 4.78 is 5.72. The van der Waals surface area contributed by atoms with E-state index in [0.29, 0.717) is 6.54 Å². The Kier molecular flexibility index (Phi) is 6.39. The minimum atomic E-state index is -0.181. The Hall–Kier alpha value is -2.82. The molecule has 0 saturated heterocycles. The van der Waals surface area contributed by atoms with E-state index in [0.717, 1.165) is 22.6 Å². The summed E-state index contributed by atoms with van der Waals surface area (Å²) in [6, 6.07) is 15.1. The first-order chi connectivity index (χ1) is 12.3. The standard InChI is InChI=1S/C21H26N2O3/c1-15(24)23-17-11-9-16(10-12-17)13-22-20(25)14-26-19-8-6-5-7-18(19)21(2,3)4/h5-12H,13-14H2,1-4H3,(H,22,25)(H,23,24). The monoisotopic (exact) mass is 354 g/mol. The van der Waals surface area contributed by atoms with Crippen LogP contribution in [0.25, 0.3) is 0 Å². The molecule has 5 heteroatoms. The fraction of sp³-hybridized carbons (Fsp3) is 0.333. The smallest absolute Gasteiger partial charge is 0.258 e. The number of hydrogen-bond donors (Lipinski definition) is 2. The number of anilines is 1. The summed E-state index contributed by atoms with van der Waals surface area (Å²) >= 11 is 0. The summed E-state index contributed by atoms with van der Waals surface area (Å²) in [7, 11) is 0. The lowest BCUT2D eigenvalue weighted by Gasteiger charge is -2.22. The Bertz CT molecular complexity index is 762. The summed E-state index contributed by atoms with van der Waals surface area (Å²) in [5, 5.41) is 5.54. The second-order valence-electron chi connectivity index (χ2n) is 7.19. The highest BCUT2D eigenvalue weighted by Gasteiger charge is 2.18. The van der Waals surface area contributed by atoms with Crippen molar-refractivity contribution in [3.63, 3.8) is 0 Å². The summed E-state index contributed by atoms with van der Waals surface area (Å²) in [6.45, 7) is 8.17. The van der Waals surface area contributed by atoms with E-state index in [1.165, 1.54) is 6.92 Å². The predicted octanol–water partition coefficient (Wildman–Crippen LogP) is 3.64. The number of rotatable bonds is 6. The van der Waals surface area contributed by atoms with Crippen molar-refractivity contribution in [1.82, 2.24) is 5.32 Å². The molecule has 0 heterocycles. The van der Waals surface area contributed by atoms with E-state index < -0.39 is 0 Å². The van der Waals surface area contributed by atoms with Gasteiger partial charge in [-0.2, -0.15) is 0 Å². The van der Waals surface area contributed by atoms with Crippen LogP contribution in [0.5, 0.6) is 5.75 Å². The number of nitrogens with one attached hydrogen (secondary N) is 2. The highest BCUT2D eigenvalue weighted by Crippen LogP contribution is 2.30. The third kappa shape index (κ3) is 5.92. The number of para-hydroxylation sites is 1. The molecule has 2 N–H and O–H groups in total. The maximum Gasteiger partial charge on any atom is 0.258 e. The number of hydrogen-bond acceptors (Lipinski definition) is 3. The Balaban J connectivity index is 1.85. The van der Waals surface area contributed by atoms with Crippen molar-refractivity contribution in [2.24, 2.45) is 0 Å². The SMILES string of the molecule is CC(=O)Nc1ccc(CNC(=O)COc2ccccc2C(C)(C)C)cc1. The Labute approximate surface area is 154 Å². The van der Waals surface area contributed by atoms with Gasteiger partial charge in [-0.25, -0.2) is 0 Å². The zero-order chi connectivity index (χ0) is 19.2. The van der Waals surface area contributed by atoms with E-state index in [1.807, 2.05) is 36.4 Å². The van der Waals surface area contributed by atoms with Gasteiger partial charge in [-0.15, -0.1) is 0 Å². The van der Waals surface area contributed by atoms with Crippen molar-refractivity contribution in [2.45, 2.75) is 39.7 Å². The van der Waals surface area contributed by atoms with Gasteiger partial charge in [0.25, 0.3) is 5.91 Å². The van der Waals surface area contributed by atoms with Crippen LogP contribution in [0.4, 0.5) is 5.69 Å². The highest BCUT2D eigenvalue weighted by atomic mass is 16.5. The molecule has 2 rings (SSSR count). The van der Waals surface area contributed by atoms with Crippen molar-refractivity contribution >= 4 is 17.5 Å². The highest BCUT2D eigenvalue weighted by molar-refractivity contribution is 5.88. The molecule has 5 nitrogen and oxygen atoms in total. The second-order valence-corrected chi connectivity index (χ2v) is 7.19. The zero-order valence-electron chi connectivity index (χ0n) is 15.8. The third-order valence-electron chi connectivity index (χ3n) is 3.82. The van der Waals surface area contributed by atoms with Crippen LogP contribution < -0.4 is 15.4 Å². The normalized spacial score (nSPS) is 10.9. The molecule has 26 heavy (non-hydrogen) atoms. The Morgan fingerprint density at radius 2 is 1.65 bits per heavy atom. The Morgan fingerprint density at radius 3 is 2.27 bits per heavy atom. The van der Waals surface area contributed by atoms with E-state index in [1.54, 1.807) is 12.1 Å². The van der Waals surface area contributed by atoms with Crippen LogP contribution in [-0.4, -0.2) is 18.4 Å². The van der Waals surface area contributed by atoms with Crippen molar-refractivity contribution in [3.05, 3.63) is 59.7 Å². The van der Waals surface area contributed by atoms with Gasteiger partial charge in [-0.1, -0.05) is 51.1 Å². The van der Waals surface area contributed by atoms with E-state index in [2.05, 4.69) is 31.4 Å². The number of ether oxygens (including phenoxy) is 1. The average Bonchev–Trinajstić information content (AvgIpc) is 2.58. The molecule has 0 saturated carbocycles. The van der Waals surface area contributed by atoms with Gasteiger partial charge in [0, 0.05) is 19.2 Å². The minimum Gasteiger partial charge on any atom is -0.483 e. The first-order valence-electron chi connectivity index (χ1n) is 8.61. The molecule has 0 aliphatic rings. The first-order valence-corrected chi connectivity index (χ1v) is 8.61. The molecule has 2 amide bonds. The lowest BCUT2D eigenvalue weighted by molar-refractivity contribution is -0.123. The first kappa shape index (κ1) is 19.5. The van der Waals surface area contributed by atoms with Gasteiger partial charge < -0.3 is 15.4 Å². The van der Waals surface area contributed by atoms with Crippen LogP contribution in [0, 0.1) is 0 Å². The van der Waals surface area contributed by atoms with Crippen molar-refractivity contribution < 1.29 is 14.3 Å². The fourth-order valence-corrected chi connectivity index (χ4v) is 2.52. The molecule has 2 aromatic rings. The number of carbonyl (C=O) groups is 2. The van der Waals surface area contributed by atoms with Crippen LogP contribution in [0.1, 0.15) is 38.8 Å². The van der Waals surface area contributed by atoms with Crippen molar-refractivity contribution in [1.29, 1.82) is 0 Å². The molecule has 0 aliphatic heterocycles. The van der Waals surface area contributed by atoms with Gasteiger partial charge in [-0.05, 0) is 34.7 Å². The molecule has 0 spiro atoms. The van der Waals surface area contributed by atoms with Crippen molar-refractivity contribution in [2.75, 3.05) is 11.9 Å². The molecular formula is C21H26N2O3. The zero-order valence-corrected chi connectivity index (χ0v) is 15.8. The summed E-state index contributed by atoms with van der Waals surface area (Å²) in [5.74, 6) is 0.438. The van der Waals surface area contributed by atoms with Gasteiger partial charge in [-0.3, -0.25) is 9.59 Å². The third-order valence-corrected chi connectivity index (χ3v) is 3.82. The molecule has 0 atom stereocenters. The van der Waals surface area contributed by atoms with Gasteiger partial charge in [0.2, 0.25) is 5.91 Å². The van der Waals surface area contributed by atoms with E-state index >= 15 is 0 Å². The number of amides is 2. The van der Waals surface area contributed by atoms with Crippen LogP contribution >= 0.6 is 0 Å². The minimum absolute atomic E-state index is 0.0307. The van der Waals surface area contributed by atoms with Crippen LogP contribution in [0.3, 0.4) is 0 Å².